The molecule has 0 spiro atoms. The molecule has 1 unspecified atom stereocenters. The van der Waals surface area contributed by atoms with Crippen molar-refractivity contribution in [3.05, 3.63) is 87.8 Å². The molecule has 1 atom stereocenters. The fourth-order valence-electron chi connectivity index (χ4n) is 2.61. The Bertz CT molecular complexity index is 1040. The molecule has 6 nitrogen and oxygen atoms in total. The summed E-state index contributed by atoms with van der Waals surface area (Å²) in [7, 11) is 0. The number of furan rings is 1. The van der Waals surface area contributed by atoms with Gasteiger partial charge in [0, 0.05) is 15.7 Å². The number of carbonyl (C=O) groups is 3. The predicted molar refractivity (Wildman–Crippen MR) is 111 cm³/mol. The number of nitrogens with one attached hydrogen (secondary N) is 1. The number of esters is 1. The molecule has 1 heterocycles. The highest BCUT2D eigenvalue weighted by Crippen LogP contribution is 2.20. The van der Waals surface area contributed by atoms with Gasteiger partial charge in [-0.3, -0.25) is 9.59 Å². The van der Waals surface area contributed by atoms with Gasteiger partial charge in [-0.25, -0.2) is 4.79 Å². The Kier molecular flexibility index (Phi) is 6.29. The molecule has 3 rings (SSSR count). The molecular weight excluding hydrogens is 438 g/mol. The quantitative estimate of drug-likeness (QED) is 0.416. The van der Waals surface area contributed by atoms with Crippen molar-refractivity contribution in [2.24, 2.45) is 0 Å². The van der Waals surface area contributed by atoms with Crippen LogP contribution in [0.5, 0.6) is 0 Å². The zero-order chi connectivity index (χ0) is 21.0. The van der Waals surface area contributed by atoms with Gasteiger partial charge in [-0.1, -0.05) is 34.1 Å². The summed E-state index contributed by atoms with van der Waals surface area (Å²) in [5.74, 6) is -1.23. The lowest BCUT2D eigenvalue weighted by Crippen LogP contribution is -2.24. The van der Waals surface area contributed by atoms with Crippen LogP contribution in [-0.4, -0.2) is 23.8 Å². The summed E-state index contributed by atoms with van der Waals surface area (Å²) in [6.45, 7) is 3.32. The molecule has 2 aromatic carbocycles. The molecule has 0 aliphatic carbocycles. The molecule has 0 bridgehead atoms. The van der Waals surface area contributed by atoms with E-state index in [0.29, 0.717) is 11.3 Å². The van der Waals surface area contributed by atoms with Gasteiger partial charge in [0.1, 0.15) is 0 Å². The van der Waals surface area contributed by atoms with Crippen molar-refractivity contribution in [3.63, 3.8) is 0 Å². The zero-order valence-corrected chi connectivity index (χ0v) is 17.4. The SMILES string of the molecule is Cc1ccc(C(=O)OC(C)C(=O)c2ccc(Br)cc2)cc1NC(=O)c1ccco1. The van der Waals surface area contributed by atoms with Crippen LogP contribution in [0.15, 0.2) is 69.8 Å². The summed E-state index contributed by atoms with van der Waals surface area (Å²) in [6.07, 6.45) is 0.450. The Balaban J connectivity index is 1.71. The monoisotopic (exact) mass is 455 g/mol. The maximum Gasteiger partial charge on any atom is 0.338 e. The number of ketones is 1. The zero-order valence-electron chi connectivity index (χ0n) is 15.8. The summed E-state index contributed by atoms with van der Waals surface area (Å²) in [6, 6.07) is 14.7. The number of aryl methyl sites for hydroxylation is 1. The van der Waals surface area contributed by atoms with Crippen LogP contribution in [-0.2, 0) is 4.74 Å². The minimum atomic E-state index is -0.953. The average molecular weight is 456 g/mol. The van der Waals surface area contributed by atoms with E-state index >= 15 is 0 Å². The van der Waals surface area contributed by atoms with Gasteiger partial charge in [0.05, 0.1) is 11.8 Å². The molecule has 1 N–H and O–H groups in total. The highest BCUT2D eigenvalue weighted by Gasteiger charge is 2.21. The fourth-order valence-corrected chi connectivity index (χ4v) is 2.87. The van der Waals surface area contributed by atoms with Crippen LogP contribution >= 0.6 is 15.9 Å². The van der Waals surface area contributed by atoms with Crippen molar-refractivity contribution in [2.75, 3.05) is 5.32 Å². The Morgan fingerprint density at radius 3 is 2.38 bits per heavy atom. The molecular formula is C22H18BrNO5. The van der Waals surface area contributed by atoms with Gasteiger partial charge in [-0.15, -0.1) is 0 Å². The van der Waals surface area contributed by atoms with E-state index in [4.69, 9.17) is 9.15 Å². The van der Waals surface area contributed by atoms with E-state index in [2.05, 4.69) is 21.2 Å². The standard InChI is InChI=1S/C22H18BrNO5/c1-13-5-6-16(12-18(13)24-21(26)19-4-3-11-28-19)22(27)29-14(2)20(25)15-7-9-17(23)10-8-15/h3-12,14H,1-2H3,(H,24,26). The van der Waals surface area contributed by atoms with Gasteiger partial charge in [-0.05, 0) is 55.8 Å². The van der Waals surface area contributed by atoms with Crippen LogP contribution < -0.4 is 5.32 Å². The van der Waals surface area contributed by atoms with Crippen molar-refractivity contribution in [2.45, 2.75) is 20.0 Å². The summed E-state index contributed by atoms with van der Waals surface area (Å²) >= 11 is 3.31. The third-order valence-corrected chi connectivity index (χ3v) is 4.78. The summed E-state index contributed by atoms with van der Waals surface area (Å²) in [4.78, 5) is 37.2. The number of carbonyl (C=O) groups excluding carboxylic acids is 3. The minimum absolute atomic E-state index is 0.158. The average Bonchev–Trinajstić information content (AvgIpc) is 3.24. The lowest BCUT2D eigenvalue weighted by Gasteiger charge is -2.14. The molecule has 1 amide bonds. The molecule has 0 aliphatic rings. The van der Waals surface area contributed by atoms with Crippen LogP contribution in [0.1, 0.15) is 43.8 Å². The molecule has 0 saturated heterocycles. The largest absolute Gasteiger partial charge is 0.459 e. The van der Waals surface area contributed by atoms with E-state index in [-0.39, 0.29) is 17.1 Å². The third kappa shape index (κ3) is 5.00. The molecule has 148 valence electrons. The maximum atomic E-state index is 12.5. The molecule has 0 fully saturated rings. The number of amides is 1. The van der Waals surface area contributed by atoms with Crippen LogP contribution in [0.3, 0.4) is 0 Å². The fraction of sp³-hybridized carbons (Fsp3) is 0.136. The number of hydrogen-bond donors (Lipinski definition) is 1. The number of Topliss-reactive ketones (excluding diaryl/α,β-unsaturated/α-hetero) is 1. The van der Waals surface area contributed by atoms with E-state index in [1.165, 1.54) is 25.3 Å². The molecule has 1 aromatic heterocycles. The Morgan fingerprint density at radius 1 is 1.03 bits per heavy atom. The summed E-state index contributed by atoms with van der Waals surface area (Å²) in [5, 5.41) is 2.70. The van der Waals surface area contributed by atoms with E-state index in [9.17, 15) is 14.4 Å². The van der Waals surface area contributed by atoms with Crippen LogP contribution in [0.25, 0.3) is 0 Å². The number of halogens is 1. The van der Waals surface area contributed by atoms with Crippen LogP contribution in [0.4, 0.5) is 5.69 Å². The highest BCUT2D eigenvalue weighted by atomic mass is 79.9. The van der Waals surface area contributed by atoms with E-state index < -0.39 is 18.0 Å². The second-order valence-electron chi connectivity index (χ2n) is 6.38. The lowest BCUT2D eigenvalue weighted by atomic mass is 10.1. The molecule has 29 heavy (non-hydrogen) atoms. The second kappa shape index (κ2) is 8.87. The molecule has 0 radical (unpaired) electrons. The normalized spacial score (nSPS) is 11.6. The van der Waals surface area contributed by atoms with Crippen molar-refractivity contribution in [1.82, 2.24) is 0 Å². The van der Waals surface area contributed by atoms with Crippen molar-refractivity contribution in [3.8, 4) is 0 Å². The Morgan fingerprint density at radius 2 is 1.72 bits per heavy atom. The summed E-state index contributed by atoms with van der Waals surface area (Å²) in [5.41, 5.74) is 1.89. The maximum absolute atomic E-state index is 12.5. The second-order valence-corrected chi connectivity index (χ2v) is 7.30. The van der Waals surface area contributed by atoms with Crippen molar-refractivity contribution < 1.29 is 23.5 Å². The topological polar surface area (TPSA) is 85.6 Å². The molecule has 0 saturated carbocycles. The van der Waals surface area contributed by atoms with Crippen LogP contribution in [0, 0.1) is 6.92 Å². The van der Waals surface area contributed by atoms with Gasteiger partial charge in [-0.2, -0.15) is 0 Å². The van der Waals surface area contributed by atoms with Gasteiger partial charge in [0.25, 0.3) is 5.91 Å². The summed E-state index contributed by atoms with van der Waals surface area (Å²) < 4.78 is 11.2. The van der Waals surface area contributed by atoms with Gasteiger partial charge < -0.3 is 14.5 Å². The number of hydrogen-bond acceptors (Lipinski definition) is 5. The van der Waals surface area contributed by atoms with Gasteiger partial charge >= 0.3 is 5.97 Å². The number of anilines is 1. The Labute approximate surface area is 176 Å². The first-order valence-corrected chi connectivity index (χ1v) is 9.60. The molecule has 7 heteroatoms. The molecule has 0 aliphatic heterocycles. The number of rotatable bonds is 6. The first-order chi connectivity index (χ1) is 13.8. The first kappa shape index (κ1) is 20.5. The van der Waals surface area contributed by atoms with E-state index in [0.717, 1.165) is 10.0 Å². The minimum Gasteiger partial charge on any atom is -0.459 e. The third-order valence-electron chi connectivity index (χ3n) is 4.25. The van der Waals surface area contributed by atoms with E-state index in [1.807, 2.05) is 0 Å². The number of benzene rings is 2. The van der Waals surface area contributed by atoms with Gasteiger partial charge in [0.2, 0.25) is 5.78 Å². The predicted octanol–water partition coefficient (Wildman–Crippen LogP) is 5.03. The van der Waals surface area contributed by atoms with Crippen molar-refractivity contribution >= 4 is 39.3 Å². The number of ether oxygens (including phenoxy) is 1. The lowest BCUT2D eigenvalue weighted by molar-refractivity contribution is 0.0319. The highest BCUT2D eigenvalue weighted by molar-refractivity contribution is 9.10. The Hall–Kier alpha value is -3.19. The first-order valence-electron chi connectivity index (χ1n) is 8.81. The van der Waals surface area contributed by atoms with E-state index in [1.54, 1.807) is 49.4 Å². The van der Waals surface area contributed by atoms with Crippen molar-refractivity contribution in [1.29, 1.82) is 0 Å². The van der Waals surface area contributed by atoms with Gasteiger partial charge in [0.15, 0.2) is 11.9 Å². The van der Waals surface area contributed by atoms with Crippen LogP contribution in [0.2, 0.25) is 0 Å². The smallest absolute Gasteiger partial charge is 0.338 e. The molecule has 3 aromatic rings.